The van der Waals surface area contributed by atoms with Gasteiger partial charge in [0.1, 0.15) is 29.0 Å². The molecule has 4 rings (SSSR count). The Labute approximate surface area is 199 Å². The van der Waals surface area contributed by atoms with Gasteiger partial charge in [-0.2, -0.15) is 0 Å². The highest BCUT2D eigenvalue weighted by Gasteiger charge is 2.46. The van der Waals surface area contributed by atoms with E-state index in [0.29, 0.717) is 17.3 Å². The summed E-state index contributed by atoms with van der Waals surface area (Å²) < 4.78 is 19.4. The van der Waals surface area contributed by atoms with Gasteiger partial charge in [-0.15, -0.1) is 0 Å². The van der Waals surface area contributed by atoms with E-state index in [1.54, 1.807) is 0 Å². The Morgan fingerprint density at radius 3 is 1.59 bits per heavy atom. The number of methoxy groups -OCH3 is 1. The summed E-state index contributed by atoms with van der Waals surface area (Å²) in [5, 5.41) is 3.52. The van der Waals surface area contributed by atoms with E-state index in [2.05, 4.69) is 36.4 Å². The molecule has 0 radical (unpaired) electrons. The number of ether oxygens (including phenoxy) is 1. The van der Waals surface area contributed by atoms with Gasteiger partial charge in [0.2, 0.25) is 0 Å². The Hall–Kier alpha value is -2.81. The summed E-state index contributed by atoms with van der Waals surface area (Å²) in [5.41, 5.74) is 1.05. The van der Waals surface area contributed by atoms with Crippen molar-refractivity contribution in [3.63, 3.8) is 0 Å². The molecule has 0 unspecified atom stereocenters. The lowest BCUT2D eigenvalue weighted by molar-refractivity contribution is -0.0000215. The average Bonchev–Trinajstić information content (AvgIpc) is 2.84. The van der Waals surface area contributed by atoms with Gasteiger partial charge in [-0.1, -0.05) is 54.6 Å². The monoisotopic (exact) mass is 508 g/mol. The quantitative estimate of drug-likeness (QED) is 0.294. The summed E-state index contributed by atoms with van der Waals surface area (Å²) in [6, 6.07) is 35.2. The van der Waals surface area contributed by atoms with E-state index >= 15 is 0 Å². The van der Waals surface area contributed by atoms with Crippen molar-refractivity contribution < 1.29 is 30.9 Å². The van der Waals surface area contributed by atoms with E-state index in [1.807, 2.05) is 54.6 Å². The van der Waals surface area contributed by atoms with Crippen LogP contribution in [0.1, 0.15) is 15.9 Å². The van der Waals surface area contributed by atoms with Gasteiger partial charge in [0.05, 0.1) is 18.8 Å². The molecule has 0 aliphatic carbocycles. The molecule has 0 bridgehead atoms. The molecule has 0 aliphatic rings. The molecule has 2 nitrogen and oxygen atoms in total. The lowest BCUT2D eigenvalue weighted by Crippen LogP contribution is -3.00. The first kappa shape index (κ1) is 23.8. The molecule has 162 valence electrons. The fourth-order valence-corrected chi connectivity index (χ4v) is 8.28. The second-order valence-corrected chi connectivity index (χ2v) is 10.8. The van der Waals surface area contributed by atoms with Crippen LogP contribution in [0.5, 0.6) is 0 Å². The predicted molar refractivity (Wildman–Crippen MR) is 127 cm³/mol. The van der Waals surface area contributed by atoms with E-state index in [1.165, 1.54) is 41.2 Å². The molecule has 0 heterocycles. The molecule has 32 heavy (non-hydrogen) atoms. The standard InChI is InChI=1S/C27H23FO2P.BrH/c1-30-27(29)26-18-17-22(28)19-21(26)20-31(23-11-5-2-6-12-23,24-13-7-3-8-14-24)25-15-9-4-10-16-25;/h2-19H,20H2,1H3;1H/q+1;/p-1. The lowest BCUT2D eigenvalue weighted by Gasteiger charge is -2.28. The molecule has 0 saturated heterocycles. The van der Waals surface area contributed by atoms with E-state index in [0.717, 1.165) is 0 Å². The van der Waals surface area contributed by atoms with Crippen molar-refractivity contribution in [3.8, 4) is 0 Å². The molecule has 0 fully saturated rings. The van der Waals surface area contributed by atoms with Crippen molar-refractivity contribution in [1.29, 1.82) is 0 Å². The largest absolute Gasteiger partial charge is 1.00 e. The molecule has 0 amide bonds. The highest BCUT2D eigenvalue weighted by atomic mass is 79.9. The molecule has 4 aromatic rings. The maximum atomic E-state index is 14.4. The number of halogens is 2. The van der Waals surface area contributed by atoms with Crippen LogP contribution in [0, 0.1) is 5.82 Å². The van der Waals surface area contributed by atoms with Gasteiger partial charge in [0, 0.05) is 5.56 Å². The third-order valence-corrected chi connectivity index (χ3v) is 9.83. The van der Waals surface area contributed by atoms with Crippen LogP contribution in [0.3, 0.4) is 0 Å². The maximum Gasteiger partial charge on any atom is 0.338 e. The van der Waals surface area contributed by atoms with Crippen LogP contribution in [-0.4, -0.2) is 13.1 Å². The average molecular weight is 509 g/mol. The zero-order valence-electron chi connectivity index (χ0n) is 17.6. The van der Waals surface area contributed by atoms with Gasteiger partial charge < -0.3 is 21.7 Å². The van der Waals surface area contributed by atoms with Gasteiger partial charge in [0.15, 0.2) is 0 Å². The minimum atomic E-state index is -2.25. The molecule has 0 atom stereocenters. The Kier molecular flexibility index (Phi) is 7.95. The molecule has 0 N–H and O–H groups in total. The van der Waals surface area contributed by atoms with E-state index in [-0.39, 0.29) is 22.8 Å². The van der Waals surface area contributed by atoms with E-state index in [4.69, 9.17) is 4.74 Å². The van der Waals surface area contributed by atoms with Gasteiger partial charge in [0.25, 0.3) is 0 Å². The Morgan fingerprint density at radius 2 is 1.19 bits per heavy atom. The first-order valence-corrected chi connectivity index (χ1v) is 12.0. The fourth-order valence-electron chi connectivity index (χ4n) is 4.03. The summed E-state index contributed by atoms with van der Waals surface area (Å²) in [5.74, 6) is -0.822. The molecular weight excluding hydrogens is 486 g/mol. The van der Waals surface area contributed by atoms with Crippen LogP contribution < -0.4 is 32.9 Å². The normalized spacial score (nSPS) is 10.8. The highest BCUT2D eigenvalue weighted by molar-refractivity contribution is 7.95. The second kappa shape index (κ2) is 10.7. The van der Waals surface area contributed by atoms with Gasteiger partial charge in [-0.3, -0.25) is 0 Å². The number of hydrogen-bond donors (Lipinski definition) is 0. The topological polar surface area (TPSA) is 26.3 Å². The zero-order chi connectivity index (χ0) is 21.7. The van der Waals surface area contributed by atoms with Gasteiger partial charge >= 0.3 is 5.97 Å². The van der Waals surface area contributed by atoms with Crippen molar-refractivity contribution >= 4 is 29.1 Å². The number of carbonyl (C=O) groups excluding carboxylic acids is 1. The third-order valence-electron chi connectivity index (χ3n) is 5.47. The number of benzene rings is 4. The van der Waals surface area contributed by atoms with Crippen LogP contribution in [0.25, 0.3) is 0 Å². The number of hydrogen-bond acceptors (Lipinski definition) is 2. The second-order valence-electron chi connectivity index (χ2n) is 7.27. The van der Waals surface area contributed by atoms with Crippen LogP contribution in [0.4, 0.5) is 4.39 Å². The van der Waals surface area contributed by atoms with E-state index < -0.39 is 13.2 Å². The van der Waals surface area contributed by atoms with Crippen molar-refractivity contribution in [2.75, 3.05) is 7.11 Å². The van der Waals surface area contributed by atoms with Crippen LogP contribution >= 0.6 is 7.26 Å². The van der Waals surface area contributed by atoms with Crippen molar-refractivity contribution in [1.82, 2.24) is 0 Å². The summed E-state index contributed by atoms with van der Waals surface area (Å²) in [6.07, 6.45) is 0.507. The van der Waals surface area contributed by atoms with Crippen molar-refractivity contribution in [2.24, 2.45) is 0 Å². The highest BCUT2D eigenvalue weighted by Crippen LogP contribution is 2.58. The van der Waals surface area contributed by atoms with Crippen LogP contribution in [0.2, 0.25) is 0 Å². The molecule has 0 saturated carbocycles. The molecule has 5 heteroatoms. The molecule has 0 spiro atoms. The maximum absolute atomic E-state index is 14.4. The van der Waals surface area contributed by atoms with Crippen molar-refractivity contribution in [2.45, 2.75) is 6.16 Å². The predicted octanol–water partition coefficient (Wildman–Crippen LogP) is 2.11. The zero-order valence-corrected chi connectivity index (χ0v) is 20.1. The number of rotatable bonds is 6. The number of esters is 1. The molecular formula is C27H23BrFO2P. The van der Waals surface area contributed by atoms with E-state index in [9.17, 15) is 9.18 Å². The summed E-state index contributed by atoms with van der Waals surface area (Å²) in [7, 11) is -0.896. The van der Waals surface area contributed by atoms with Crippen molar-refractivity contribution in [3.05, 3.63) is 126 Å². The summed E-state index contributed by atoms with van der Waals surface area (Å²) in [4.78, 5) is 12.5. The fraction of sp³-hybridized carbons (Fsp3) is 0.0741. The SMILES string of the molecule is COC(=O)c1ccc(F)cc1C[P+](c1ccccc1)(c1ccccc1)c1ccccc1.[Br-]. The van der Waals surface area contributed by atoms with Gasteiger partial charge in [-0.05, 0) is 54.6 Å². The van der Waals surface area contributed by atoms with Crippen LogP contribution in [0.15, 0.2) is 109 Å². The Morgan fingerprint density at radius 1 is 0.750 bits per heavy atom. The van der Waals surface area contributed by atoms with Gasteiger partial charge in [-0.25, -0.2) is 9.18 Å². The third kappa shape index (κ3) is 4.67. The molecule has 4 aromatic carbocycles. The minimum absolute atomic E-state index is 0. The molecule has 0 aromatic heterocycles. The minimum Gasteiger partial charge on any atom is -1.00 e. The Bertz CT molecular complexity index is 1070. The summed E-state index contributed by atoms with van der Waals surface area (Å²) in [6.45, 7) is 0. The lowest BCUT2D eigenvalue weighted by atomic mass is 10.1. The van der Waals surface area contributed by atoms with Crippen LogP contribution in [-0.2, 0) is 10.9 Å². The Balaban J connectivity index is 0.00000289. The summed E-state index contributed by atoms with van der Waals surface area (Å²) >= 11 is 0. The first-order valence-electron chi connectivity index (χ1n) is 10.1. The molecule has 0 aliphatic heterocycles. The smallest absolute Gasteiger partial charge is 0.338 e. The number of carbonyl (C=O) groups is 1. The first-order chi connectivity index (χ1) is 15.1.